The maximum absolute atomic E-state index is 11.0. The number of carboxylic acids is 1. The number of rotatable bonds is 1. The molecule has 2 fully saturated rings. The van der Waals surface area contributed by atoms with Crippen LogP contribution < -0.4 is 0 Å². The fraction of sp³-hybridized carbons (Fsp3) is 0.900. The molecule has 2 rings (SSSR count). The molecule has 14 heavy (non-hydrogen) atoms. The molecule has 1 N–H and O–H groups in total. The molecule has 1 aliphatic heterocycles. The van der Waals surface area contributed by atoms with Crippen LogP contribution in [0.3, 0.4) is 0 Å². The largest absolute Gasteiger partial charge is 0.480 e. The van der Waals surface area contributed by atoms with Crippen molar-refractivity contribution in [3.63, 3.8) is 0 Å². The fourth-order valence-electron chi connectivity index (χ4n) is 2.81. The number of halogens is 1. The van der Waals surface area contributed by atoms with E-state index in [2.05, 4.69) is 22.9 Å². The first kappa shape index (κ1) is 10.7. The average Bonchev–Trinajstić information content (AvgIpc) is 2.16. The molecule has 1 heterocycles. The smallest absolute Gasteiger partial charge is 0.321 e. The molecule has 1 saturated heterocycles. The van der Waals surface area contributed by atoms with E-state index in [4.69, 9.17) is 5.11 Å². The molecule has 0 bridgehead atoms. The molecule has 2 aliphatic rings. The van der Waals surface area contributed by atoms with Gasteiger partial charge in [0, 0.05) is 29.4 Å². The Bertz CT molecular complexity index is 234. The van der Waals surface area contributed by atoms with Gasteiger partial charge in [0.25, 0.3) is 0 Å². The Morgan fingerprint density at radius 2 is 1.93 bits per heavy atom. The van der Waals surface area contributed by atoms with Crippen LogP contribution in [0, 0.1) is 11.8 Å². The monoisotopic (exact) mass is 309 g/mol. The molecule has 1 saturated carbocycles. The molecule has 0 radical (unpaired) electrons. The van der Waals surface area contributed by atoms with Crippen molar-refractivity contribution >= 4 is 28.8 Å². The van der Waals surface area contributed by atoms with Crippen molar-refractivity contribution in [2.45, 2.75) is 38.1 Å². The molecule has 0 aromatic rings. The molecule has 3 nitrogen and oxygen atoms in total. The molecule has 0 aromatic carbocycles. The summed E-state index contributed by atoms with van der Waals surface area (Å²) in [6.07, 6.45) is 6.05. The van der Waals surface area contributed by atoms with Gasteiger partial charge in [-0.25, -0.2) is 3.11 Å². The minimum Gasteiger partial charge on any atom is -0.480 e. The Morgan fingerprint density at radius 1 is 1.29 bits per heavy atom. The number of carboxylic acid groups (broad SMARTS) is 1. The fourth-order valence-corrected chi connectivity index (χ4v) is 3.78. The third kappa shape index (κ3) is 2.05. The van der Waals surface area contributed by atoms with Crippen molar-refractivity contribution in [1.82, 2.24) is 3.11 Å². The van der Waals surface area contributed by atoms with E-state index in [9.17, 15) is 4.79 Å². The van der Waals surface area contributed by atoms with Gasteiger partial charge < -0.3 is 5.11 Å². The standard InChI is InChI=1S/C10H16INO2/c11-12-6-8-4-2-1-3-7(8)5-9(12)10(13)14/h7-9H,1-6H2,(H,13,14). The van der Waals surface area contributed by atoms with Crippen molar-refractivity contribution < 1.29 is 9.90 Å². The van der Waals surface area contributed by atoms with Gasteiger partial charge >= 0.3 is 5.97 Å². The van der Waals surface area contributed by atoms with Crippen LogP contribution in [-0.2, 0) is 4.79 Å². The number of carbonyl (C=O) groups is 1. The zero-order valence-corrected chi connectivity index (χ0v) is 10.3. The van der Waals surface area contributed by atoms with Crippen molar-refractivity contribution in [2.75, 3.05) is 6.54 Å². The summed E-state index contributed by atoms with van der Waals surface area (Å²) in [4.78, 5) is 11.0. The topological polar surface area (TPSA) is 40.5 Å². The number of hydrogen-bond acceptors (Lipinski definition) is 2. The Kier molecular flexibility index (Phi) is 3.31. The third-order valence-corrected chi connectivity index (χ3v) is 4.69. The third-order valence-electron chi connectivity index (χ3n) is 3.62. The molecule has 0 spiro atoms. The highest BCUT2D eigenvalue weighted by atomic mass is 127. The lowest BCUT2D eigenvalue weighted by molar-refractivity contribution is -0.143. The number of nitrogens with zero attached hydrogens (tertiary/aromatic N) is 1. The summed E-state index contributed by atoms with van der Waals surface area (Å²) in [5, 5.41) is 9.05. The Morgan fingerprint density at radius 3 is 2.57 bits per heavy atom. The van der Waals surface area contributed by atoms with E-state index >= 15 is 0 Å². The Balaban J connectivity index is 2.03. The van der Waals surface area contributed by atoms with E-state index in [0.717, 1.165) is 18.9 Å². The SMILES string of the molecule is O=C(O)C1CC2CCCCC2CN1I. The summed E-state index contributed by atoms with van der Waals surface area (Å²) in [7, 11) is 0. The summed E-state index contributed by atoms with van der Waals surface area (Å²) in [5.74, 6) is 0.788. The van der Waals surface area contributed by atoms with Crippen LogP contribution in [-0.4, -0.2) is 26.8 Å². The van der Waals surface area contributed by atoms with Crippen LogP contribution in [0.25, 0.3) is 0 Å². The molecule has 4 heteroatoms. The summed E-state index contributed by atoms with van der Waals surface area (Å²) in [6, 6.07) is -0.241. The van der Waals surface area contributed by atoms with Crippen LogP contribution in [0.4, 0.5) is 0 Å². The van der Waals surface area contributed by atoms with E-state index < -0.39 is 5.97 Å². The van der Waals surface area contributed by atoms with Gasteiger partial charge in [-0.15, -0.1) is 0 Å². The van der Waals surface area contributed by atoms with Gasteiger partial charge in [0.05, 0.1) is 0 Å². The first-order valence-electron chi connectivity index (χ1n) is 5.33. The summed E-state index contributed by atoms with van der Waals surface area (Å²) in [6.45, 7) is 0.974. The molecule has 3 atom stereocenters. The van der Waals surface area contributed by atoms with Gasteiger partial charge in [0.15, 0.2) is 0 Å². The highest BCUT2D eigenvalue weighted by Crippen LogP contribution is 2.39. The second kappa shape index (κ2) is 4.35. The zero-order chi connectivity index (χ0) is 10.1. The summed E-state index contributed by atoms with van der Waals surface area (Å²) < 4.78 is 1.99. The quantitative estimate of drug-likeness (QED) is 0.597. The van der Waals surface area contributed by atoms with Crippen LogP contribution >= 0.6 is 22.9 Å². The minimum absolute atomic E-state index is 0.241. The van der Waals surface area contributed by atoms with E-state index in [0.29, 0.717) is 5.92 Å². The predicted octanol–water partition coefficient (Wildman–Crippen LogP) is 2.30. The van der Waals surface area contributed by atoms with Crippen molar-refractivity contribution in [2.24, 2.45) is 11.8 Å². The zero-order valence-electron chi connectivity index (χ0n) is 8.16. The van der Waals surface area contributed by atoms with Crippen LogP contribution in [0.5, 0.6) is 0 Å². The van der Waals surface area contributed by atoms with Crippen molar-refractivity contribution in [3.05, 3.63) is 0 Å². The average molecular weight is 309 g/mol. The van der Waals surface area contributed by atoms with Crippen LogP contribution in [0.15, 0.2) is 0 Å². The molecular formula is C10H16INO2. The molecule has 3 unspecified atom stereocenters. The molecule has 80 valence electrons. The van der Waals surface area contributed by atoms with Gasteiger partial charge in [-0.05, 0) is 24.7 Å². The first-order valence-corrected chi connectivity index (χ1v) is 6.30. The van der Waals surface area contributed by atoms with Crippen LogP contribution in [0.2, 0.25) is 0 Å². The first-order chi connectivity index (χ1) is 6.68. The molecule has 1 aliphatic carbocycles. The highest BCUT2D eigenvalue weighted by Gasteiger charge is 2.38. The number of piperidine rings is 1. The highest BCUT2D eigenvalue weighted by molar-refractivity contribution is 14.1. The summed E-state index contributed by atoms with van der Waals surface area (Å²) >= 11 is 2.18. The Hall–Kier alpha value is 0.160. The maximum atomic E-state index is 11.0. The molecular weight excluding hydrogens is 293 g/mol. The van der Waals surface area contributed by atoms with Crippen LogP contribution in [0.1, 0.15) is 32.1 Å². The predicted molar refractivity (Wildman–Crippen MR) is 62.2 cm³/mol. The second-order valence-corrected chi connectivity index (χ2v) is 5.72. The van der Waals surface area contributed by atoms with E-state index in [1.807, 2.05) is 3.11 Å². The number of hydrogen-bond donors (Lipinski definition) is 1. The molecule has 0 amide bonds. The van der Waals surface area contributed by atoms with E-state index in [1.54, 1.807) is 0 Å². The van der Waals surface area contributed by atoms with Gasteiger partial charge in [0.1, 0.15) is 6.04 Å². The van der Waals surface area contributed by atoms with Crippen molar-refractivity contribution in [3.8, 4) is 0 Å². The maximum Gasteiger partial charge on any atom is 0.321 e. The number of aliphatic carboxylic acids is 1. The lowest BCUT2D eigenvalue weighted by atomic mass is 9.74. The summed E-state index contributed by atoms with van der Waals surface area (Å²) in [5.41, 5.74) is 0. The van der Waals surface area contributed by atoms with Gasteiger partial charge in [-0.3, -0.25) is 4.79 Å². The normalized spacial score (nSPS) is 39.1. The van der Waals surface area contributed by atoms with E-state index in [-0.39, 0.29) is 6.04 Å². The van der Waals surface area contributed by atoms with Gasteiger partial charge in [-0.1, -0.05) is 19.3 Å². The lowest BCUT2D eigenvalue weighted by Gasteiger charge is -2.41. The minimum atomic E-state index is -0.650. The van der Waals surface area contributed by atoms with Gasteiger partial charge in [0.2, 0.25) is 0 Å². The number of fused-ring (bicyclic) bond motifs is 1. The van der Waals surface area contributed by atoms with E-state index in [1.165, 1.54) is 25.7 Å². The van der Waals surface area contributed by atoms with Crippen molar-refractivity contribution in [1.29, 1.82) is 0 Å². The lowest BCUT2D eigenvalue weighted by Crippen LogP contribution is -2.46. The van der Waals surface area contributed by atoms with Gasteiger partial charge in [-0.2, -0.15) is 0 Å². The second-order valence-electron chi connectivity index (χ2n) is 4.48. The molecule has 0 aromatic heterocycles. The Labute approximate surface area is 98.3 Å².